The highest BCUT2D eigenvalue weighted by Crippen LogP contribution is 2.14. The van der Waals surface area contributed by atoms with Crippen molar-refractivity contribution >= 4 is 23.2 Å². The first-order valence-corrected chi connectivity index (χ1v) is 10.0. The average molecular weight is 366 g/mol. The maximum absolute atomic E-state index is 11.0. The van der Waals surface area contributed by atoms with Crippen molar-refractivity contribution in [2.75, 3.05) is 32.7 Å². The summed E-state index contributed by atoms with van der Waals surface area (Å²) in [5, 5.41) is 9.01. The monoisotopic (exact) mass is 365 g/mol. The summed E-state index contributed by atoms with van der Waals surface area (Å²) in [5.41, 5.74) is 5.27. The Kier molecular flexibility index (Phi) is 8.21. The highest BCUT2D eigenvalue weighted by Gasteiger charge is 2.20. The van der Waals surface area contributed by atoms with Crippen molar-refractivity contribution in [2.24, 2.45) is 16.6 Å². The van der Waals surface area contributed by atoms with Crippen molar-refractivity contribution in [2.45, 2.75) is 39.2 Å². The van der Waals surface area contributed by atoms with E-state index in [2.05, 4.69) is 46.9 Å². The number of thiophene rings is 1. The number of nitrogens with one attached hydrogen (secondary N) is 2. The predicted molar refractivity (Wildman–Crippen MR) is 105 cm³/mol. The third kappa shape index (κ3) is 7.44. The molecule has 1 aromatic rings. The number of amides is 1. The second-order valence-corrected chi connectivity index (χ2v) is 7.80. The number of primary amides is 1. The zero-order valence-electron chi connectivity index (χ0n) is 15.3. The quantitative estimate of drug-likeness (QED) is 0.481. The minimum atomic E-state index is -0.249. The third-order valence-electron chi connectivity index (χ3n) is 4.34. The van der Waals surface area contributed by atoms with Gasteiger partial charge in [-0.2, -0.15) is 0 Å². The van der Waals surface area contributed by atoms with Gasteiger partial charge in [0.2, 0.25) is 5.91 Å². The molecule has 2 rings (SSSR count). The van der Waals surface area contributed by atoms with Crippen LogP contribution in [0.1, 0.15) is 31.6 Å². The molecule has 0 spiro atoms. The summed E-state index contributed by atoms with van der Waals surface area (Å²) in [6.45, 7) is 8.15. The van der Waals surface area contributed by atoms with Gasteiger partial charge in [-0.15, -0.1) is 11.3 Å². The zero-order chi connectivity index (χ0) is 18.1. The van der Waals surface area contributed by atoms with Crippen LogP contribution >= 0.6 is 11.3 Å². The molecule has 1 atom stereocenters. The molecule has 2 heterocycles. The van der Waals surface area contributed by atoms with Crippen molar-refractivity contribution < 1.29 is 4.79 Å². The van der Waals surface area contributed by atoms with E-state index < -0.39 is 0 Å². The molecule has 0 aromatic carbocycles. The van der Waals surface area contributed by atoms with Crippen LogP contribution in [0.25, 0.3) is 0 Å². The highest BCUT2D eigenvalue weighted by atomic mass is 32.1. The van der Waals surface area contributed by atoms with Gasteiger partial charge in [0.1, 0.15) is 0 Å². The second kappa shape index (κ2) is 10.4. The molecule has 7 heteroatoms. The lowest BCUT2D eigenvalue weighted by Crippen LogP contribution is -2.49. The number of carbonyl (C=O) groups is 1. The molecule has 1 amide bonds. The van der Waals surface area contributed by atoms with E-state index in [9.17, 15) is 4.79 Å². The third-order valence-corrected chi connectivity index (χ3v) is 5.24. The number of guanidine groups is 1. The van der Waals surface area contributed by atoms with Gasteiger partial charge >= 0.3 is 0 Å². The first-order valence-electron chi connectivity index (χ1n) is 9.14. The molecular formula is C18H31N5OS. The summed E-state index contributed by atoms with van der Waals surface area (Å²) in [5.74, 6) is 1.17. The molecular weight excluding hydrogens is 334 g/mol. The van der Waals surface area contributed by atoms with Gasteiger partial charge < -0.3 is 16.4 Å². The van der Waals surface area contributed by atoms with E-state index in [0.29, 0.717) is 18.5 Å². The fraction of sp³-hybridized carbons (Fsp3) is 0.667. The molecule has 1 aromatic heterocycles. The zero-order valence-corrected chi connectivity index (χ0v) is 16.1. The van der Waals surface area contributed by atoms with Gasteiger partial charge in [-0.1, -0.05) is 13.0 Å². The Bertz CT molecular complexity index is 538. The molecule has 4 N–H and O–H groups in total. The molecule has 1 fully saturated rings. The number of piperidine rings is 1. The molecule has 0 bridgehead atoms. The summed E-state index contributed by atoms with van der Waals surface area (Å²) >= 11 is 1.81. The molecule has 0 radical (unpaired) electrons. The predicted octanol–water partition coefficient (Wildman–Crippen LogP) is 1.43. The molecule has 1 aliphatic heterocycles. The fourth-order valence-corrected chi connectivity index (χ4v) is 3.92. The first-order chi connectivity index (χ1) is 12.1. The summed E-state index contributed by atoms with van der Waals surface area (Å²) in [7, 11) is 0. The number of nitrogens with two attached hydrogens (primary N) is 1. The summed E-state index contributed by atoms with van der Waals surface area (Å²) in [6.07, 6.45) is 3.08. The van der Waals surface area contributed by atoms with Crippen molar-refractivity contribution in [3.8, 4) is 0 Å². The lowest BCUT2D eigenvalue weighted by molar-refractivity contribution is -0.119. The van der Waals surface area contributed by atoms with Gasteiger partial charge in [-0.25, -0.2) is 0 Å². The van der Waals surface area contributed by atoms with Crippen molar-refractivity contribution in [3.05, 3.63) is 22.4 Å². The van der Waals surface area contributed by atoms with Crippen LogP contribution in [0, 0.1) is 5.92 Å². The summed E-state index contributed by atoms with van der Waals surface area (Å²) in [4.78, 5) is 19.3. The summed E-state index contributed by atoms with van der Waals surface area (Å²) < 4.78 is 0. The molecule has 6 nitrogen and oxygen atoms in total. The molecule has 25 heavy (non-hydrogen) atoms. The van der Waals surface area contributed by atoms with Crippen LogP contribution in [-0.4, -0.2) is 55.5 Å². The van der Waals surface area contributed by atoms with Crippen molar-refractivity contribution in [1.82, 2.24) is 15.5 Å². The van der Waals surface area contributed by atoms with E-state index in [0.717, 1.165) is 51.4 Å². The van der Waals surface area contributed by atoms with Gasteiger partial charge in [0, 0.05) is 37.1 Å². The van der Waals surface area contributed by atoms with Crippen LogP contribution in [0.3, 0.4) is 0 Å². The fourth-order valence-electron chi connectivity index (χ4n) is 3.05. The van der Waals surface area contributed by atoms with Gasteiger partial charge in [0.25, 0.3) is 0 Å². The number of nitrogens with zero attached hydrogens (tertiary/aromatic N) is 2. The number of hydrogen-bond donors (Lipinski definition) is 3. The Morgan fingerprint density at radius 1 is 1.48 bits per heavy atom. The summed E-state index contributed by atoms with van der Waals surface area (Å²) in [6, 6.07) is 4.69. The van der Waals surface area contributed by atoms with Gasteiger partial charge in [-0.05, 0) is 43.6 Å². The Balaban J connectivity index is 1.78. The minimum absolute atomic E-state index is 0.249. The van der Waals surface area contributed by atoms with Crippen molar-refractivity contribution in [3.63, 3.8) is 0 Å². The molecule has 0 aliphatic carbocycles. The smallest absolute Gasteiger partial charge is 0.231 e. The Hall–Kier alpha value is -1.60. The average Bonchev–Trinajstić information content (AvgIpc) is 3.07. The number of likely N-dealkylation sites (tertiary alicyclic amines) is 1. The van der Waals surface area contributed by atoms with Crippen LogP contribution in [0.2, 0.25) is 0 Å². The normalized spacial score (nSPS) is 18.1. The van der Waals surface area contributed by atoms with Gasteiger partial charge in [0.15, 0.2) is 5.96 Å². The Morgan fingerprint density at radius 2 is 2.24 bits per heavy atom. The van der Waals surface area contributed by atoms with Crippen LogP contribution < -0.4 is 16.4 Å². The SMILES string of the molecule is CCNC(=NCC(C)Cc1cccs1)NC1CCN(CC(N)=O)CC1. The van der Waals surface area contributed by atoms with Crippen molar-refractivity contribution in [1.29, 1.82) is 0 Å². The number of aliphatic imine (C=N–C) groups is 1. The lowest BCUT2D eigenvalue weighted by Gasteiger charge is -2.32. The van der Waals surface area contributed by atoms with Crippen LogP contribution in [0.4, 0.5) is 0 Å². The van der Waals surface area contributed by atoms with Crippen LogP contribution in [-0.2, 0) is 11.2 Å². The maximum Gasteiger partial charge on any atom is 0.231 e. The largest absolute Gasteiger partial charge is 0.369 e. The van der Waals surface area contributed by atoms with E-state index in [-0.39, 0.29) is 5.91 Å². The van der Waals surface area contributed by atoms with Crippen LogP contribution in [0.5, 0.6) is 0 Å². The Morgan fingerprint density at radius 3 is 2.84 bits per heavy atom. The van der Waals surface area contributed by atoms with Gasteiger partial charge in [0.05, 0.1) is 6.54 Å². The van der Waals surface area contributed by atoms with E-state index in [1.165, 1.54) is 4.88 Å². The maximum atomic E-state index is 11.0. The first kappa shape index (κ1) is 19.7. The molecule has 1 aliphatic rings. The Labute approximate surface area is 154 Å². The van der Waals surface area contributed by atoms with Crippen LogP contribution in [0.15, 0.2) is 22.5 Å². The molecule has 0 saturated carbocycles. The molecule has 140 valence electrons. The van der Waals surface area contributed by atoms with E-state index in [4.69, 9.17) is 10.7 Å². The minimum Gasteiger partial charge on any atom is -0.369 e. The van der Waals surface area contributed by atoms with E-state index in [1.54, 1.807) is 0 Å². The standard InChI is InChI=1S/C18H31N5OS/c1-3-20-18(21-12-14(2)11-16-5-4-10-25-16)22-15-6-8-23(9-7-15)13-17(19)24/h4-5,10,14-15H,3,6-9,11-13H2,1-2H3,(H2,19,24)(H2,20,21,22). The van der Waals surface area contributed by atoms with Gasteiger partial charge in [-0.3, -0.25) is 14.7 Å². The number of hydrogen-bond acceptors (Lipinski definition) is 4. The highest BCUT2D eigenvalue weighted by molar-refractivity contribution is 7.09. The molecule has 1 saturated heterocycles. The second-order valence-electron chi connectivity index (χ2n) is 6.77. The van der Waals surface area contributed by atoms with E-state index >= 15 is 0 Å². The van der Waals surface area contributed by atoms with E-state index in [1.807, 2.05) is 11.3 Å². The topological polar surface area (TPSA) is 82.8 Å². The lowest BCUT2D eigenvalue weighted by atomic mass is 10.1. The molecule has 1 unspecified atom stereocenters. The number of carbonyl (C=O) groups excluding carboxylic acids is 1. The number of rotatable bonds is 8.